The molecule has 2 N–H and O–H groups in total. The van der Waals surface area contributed by atoms with E-state index in [9.17, 15) is 4.79 Å². The van der Waals surface area contributed by atoms with E-state index in [4.69, 9.17) is 22.0 Å². The van der Waals surface area contributed by atoms with Gasteiger partial charge in [-0.25, -0.2) is 0 Å². The smallest absolute Gasteiger partial charge is 0.234 e. The van der Waals surface area contributed by atoms with Gasteiger partial charge < -0.3 is 10.4 Å². The molecule has 0 bridgehead atoms. The zero-order valence-corrected chi connectivity index (χ0v) is 13.8. The molecule has 2 aromatic rings. The number of aliphatic hydroxyl groups is 1. The van der Waals surface area contributed by atoms with Crippen molar-refractivity contribution >= 4 is 35.0 Å². The first-order valence-corrected chi connectivity index (χ1v) is 8.41. The topological polar surface area (TPSA) is 73.1 Å². The van der Waals surface area contributed by atoms with Gasteiger partial charge in [0.05, 0.1) is 23.6 Å². The number of amides is 1. The van der Waals surface area contributed by atoms with Crippen LogP contribution in [0.15, 0.2) is 42.5 Å². The van der Waals surface area contributed by atoms with E-state index < -0.39 is 0 Å². The summed E-state index contributed by atoms with van der Waals surface area (Å²) in [5.74, 6) is 0.791. The summed E-state index contributed by atoms with van der Waals surface area (Å²) < 4.78 is 0. The van der Waals surface area contributed by atoms with Crippen LogP contribution in [0.5, 0.6) is 0 Å². The molecular formula is C17H15ClN2O2S. The molecule has 0 aromatic heterocycles. The van der Waals surface area contributed by atoms with Crippen LogP contribution in [0.2, 0.25) is 5.02 Å². The highest BCUT2D eigenvalue weighted by Crippen LogP contribution is 2.21. The molecular weight excluding hydrogens is 332 g/mol. The molecule has 0 saturated carbocycles. The van der Waals surface area contributed by atoms with Crippen LogP contribution < -0.4 is 5.32 Å². The number of nitrogens with one attached hydrogen (secondary N) is 1. The minimum absolute atomic E-state index is 0.0245. The fourth-order valence-corrected chi connectivity index (χ4v) is 2.87. The molecule has 0 heterocycles. The highest BCUT2D eigenvalue weighted by atomic mass is 35.5. The SMILES string of the molecule is N#Cc1ccc(Cl)cc1NC(=O)CSCc1ccc(CO)cc1. The zero-order chi connectivity index (χ0) is 16.7. The predicted octanol–water partition coefficient (Wildman–Crippen LogP) is 3.58. The molecule has 0 aliphatic rings. The van der Waals surface area contributed by atoms with Crippen molar-refractivity contribution in [2.75, 3.05) is 11.1 Å². The number of carbonyl (C=O) groups is 1. The lowest BCUT2D eigenvalue weighted by Gasteiger charge is -2.07. The summed E-state index contributed by atoms with van der Waals surface area (Å²) in [7, 11) is 0. The van der Waals surface area contributed by atoms with Crippen molar-refractivity contribution in [1.82, 2.24) is 0 Å². The van der Waals surface area contributed by atoms with Gasteiger partial charge in [0, 0.05) is 10.8 Å². The van der Waals surface area contributed by atoms with Crippen LogP contribution in [0, 0.1) is 11.3 Å². The Kier molecular flexibility index (Phi) is 6.48. The van der Waals surface area contributed by atoms with Crippen LogP contribution in [-0.2, 0) is 17.2 Å². The van der Waals surface area contributed by atoms with Gasteiger partial charge in [0.25, 0.3) is 0 Å². The van der Waals surface area contributed by atoms with Crippen molar-refractivity contribution in [1.29, 1.82) is 5.26 Å². The Bertz CT molecular complexity index is 726. The van der Waals surface area contributed by atoms with E-state index in [2.05, 4.69) is 5.32 Å². The lowest BCUT2D eigenvalue weighted by Crippen LogP contribution is -2.15. The van der Waals surface area contributed by atoms with Gasteiger partial charge in [-0.2, -0.15) is 5.26 Å². The van der Waals surface area contributed by atoms with Crippen LogP contribution in [0.4, 0.5) is 5.69 Å². The molecule has 0 spiro atoms. The van der Waals surface area contributed by atoms with E-state index in [0.29, 0.717) is 22.0 Å². The first kappa shape index (κ1) is 17.4. The molecule has 4 nitrogen and oxygen atoms in total. The minimum atomic E-state index is -0.180. The maximum atomic E-state index is 12.0. The standard InChI is InChI=1S/C17H15ClN2O2S/c18-15-6-5-14(8-19)16(7-15)20-17(22)11-23-10-13-3-1-12(9-21)2-4-13/h1-7,21H,9-11H2,(H,20,22). The number of benzene rings is 2. The molecule has 2 aromatic carbocycles. The summed E-state index contributed by atoms with van der Waals surface area (Å²) in [6, 6.07) is 14.4. The van der Waals surface area contributed by atoms with E-state index in [1.807, 2.05) is 30.3 Å². The van der Waals surface area contributed by atoms with Gasteiger partial charge in [0.1, 0.15) is 6.07 Å². The Morgan fingerprint density at radius 3 is 2.57 bits per heavy atom. The third-order valence-corrected chi connectivity index (χ3v) is 4.32. The summed E-state index contributed by atoms with van der Waals surface area (Å²) in [5.41, 5.74) is 2.76. The maximum absolute atomic E-state index is 12.0. The lowest BCUT2D eigenvalue weighted by molar-refractivity contribution is -0.113. The Hall–Kier alpha value is -2.00. The van der Waals surface area contributed by atoms with Gasteiger partial charge in [-0.1, -0.05) is 35.9 Å². The molecule has 0 aliphatic heterocycles. The Morgan fingerprint density at radius 2 is 1.91 bits per heavy atom. The molecule has 0 radical (unpaired) electrons. The van der Waals surface area contributed by atoms with Crippen LogP contribution in [-0.4, -0.2) is 16.8 Å². The first-order valence-electron chi connectivity index (χ1n) is 6.88. The number of anilines is 1. The Morgan fingerprint density at radius 1 is 1.22 bits per heavy atom. The van der Waals surface area contributed by atoms with Crippen molar-refractivity contribution in [2.24, 2.45) is 0 Å². The fraction of sp³-hybridized carbons (Fsp3) is 0.176. The van der Waals surface area contributed by atoms with Crippen LogP contribution in [0.25, 0.3) is 0 Å². The number of hydrogen-bond acceptors (Lipinski definition) is 4. The number of thioether (sulfide) groups is 1. The van der Waals surface area contributed by atoms with Crippen LogP contribution in [0.1, 0.15) is 16.7 Å². The van der Waals surface area contributed by atoms with E-state index in [0.717, 1.165) is 11.1 Å². The summed E-state index contributed by atoms with van der Waals surface area (Å²) in [5, 5.41) is 21.2. The fourth-order valence-electron chi connectivity index (χ4n) is 1.91. The molecule has 0 fully saturated rings. The van der Waals surface area contributed by atoms with E-state index in [-0.39, 0.29) is 18.3 Å². The zero-order valence-electron chi connectivity index (χ0n) is 12.3. The third-order valence-electron chi connectivity index (χ3n) is 3.08. The molecule has 1 amide bonds. The molecule has 0 unspecified atom stereocenters. The third kappa shape index (κ3) is 5.29. The van der Waals surface area contributed by atoms with Gasteiger partial charge in [-0.15, -0.1) is 11.8 Å². The number of nitriles is 1. The quantitative estimate of drug-likeness (QED) is 0.838. The monoisotopic (exact) mass is 346 g/mol. The van der Waals surface area contributed by atoms with Gasteiger partial charge >= 0.3 is 0 Å². The normalized spacial score (nSPS) is 10.1. The Balaban J connectivity index is 1.85. The minimum Gasteiger partial charge on any atom is -0.392 e. The number of halogens is 1. The molecule has 2 rings (SSSR count). The number of carbonyl (C=O) groups excluding carboxylic acids is 1. The predicted molar refractivity (Wildman–Crippen MR) is 93.3 cm³/mol. The average molecular weight is 347 g/mol. The molecule has 6 heteroatoms. The first-order chi connectivity index (χ1) is 11.1. The molecule has 118 valence electrons. The Labute approximate surface area is 144 Å². The summed E-state index contributed by atoms with van der Waals surface area (Å²) in [6.07, 6.45) is 0. The van der Waals surface area contributed by atoms with Crippen LogP contribution >= 0.6 is 23.4 Å². The molecule has 0 aliphatic carbocycles. The number of nitrogens with zero attached hydrogens (tertiary/aromatic N) is 1. The second-order valence-electron chi connectivity index (χ2n) is 4.82. The van der Waals surface area contributed by atoms with E-state index >= 15 is 0 Å². The number of rotatable bonds is 6. The van der Waals surface area contributed by atoms with E-state index in [1.165, 1.54) is 11.8 Å². The number of hydrogen-bond donors (Lipinski definition) is 2. The average Bonchev–Trinajstić information content (AvgIpc) is 2.56. The number of aliphatic hydroxyl groups excluding tert-OH is 1. The summed E-state index contributed by atoms with van der Waals surface area (Å²) in [6.45, 7) is 0.0245. The van der Waals surface area contributed by atoms with Crippen molar-refractivity contribution < 1.29 is 9.90 Å². The second-order valence-corrected chi connectivity index (χ2v) is 6.24. The van der Waals surface area contributed by atoms with Crippen molar-refractivity contribution in [2.45, 2.75) is 12.4 Å². The highest BCUT2D eigenvalue weighted by Gasteiger charge is 2.08. The van der Waals surface area contributed by atoms with Gasteiger partial charge in [0.2, 0.25) is 5.91 Å². The van der Waals surface area contributed by atoms with Crippen molar-refractivity contribution in [3.8, 4) is 6.07 Å². The van der Waals surface area contributed by atoms with Gasteiger partial charge in [-0.05, 0) is 29.3 Å². The lowest BCUT2D eigenvalue weighted by atomic mass is 10.2. The molecule has 0 saturated heterocycles. The molecule has 23 heavy (non-hydrogen) atoms. The maximum Gasteiger partial charge on any atom is 0.234 e. The van der Waals surface area contributed by atoms with E-state index in [1.54, 1.807) is 18.2 Å². The molecule has 0 atom stereocenters. The second kappa shape index (κ2) is 8.59. The summed E-state index contributed by atoms with van der Waals surface area (Å²) in [4.78, 5) is 12.0. The van der Waals surface area contributed by atoms with Gasteiger partial charge in [-0.3, -0.25) is 4.79 Å². The van der Waals surface area contributed by atoms with Crippen molar-refractivity contribution in [3.05, 3.63) is 64.2 Å². The largest absolute Gasteiger partial charge is 0.392 e. The van der Waals surface area contributed by atoms with Crippen molar-refractivity contribution in [3.63, 3.8) is 0 Å². The highest BCUT2D eigenvalue weighted by molar-refractivity contribution is 7.99. The van der Waals surface area contributed by atoms with Gasteiger partial charge in [0.15, 0.2) is 0 Å². The van der Waals surface area contributed by atoms with Crippen LogP contribution in [0.3, 0.4) is 0 Å². The summed E-state index contributed by atoms with van der Waals surface area (Å²) >= 11 is 7.36.